The van der Waals surface area contributed by atoms with Crippen molar-refractivity contribution in [2.45, 2.75) is 19.3 Å². The first-order valence-electron chi connectivity index (χ1n) is 6.45. The highest BCUT2D eigenvalue weighted by molar-refractivity contribution is 7.17. The Bertz CT molecular complexity index is 719. The molecule has 1 amide bonds. The summed E-state index contributed by atoms with van der Waals surface area (Å²) in [6.45, 7) is 0. The van der Waals surface area contributed by atoms with E-state index in [1.54, 1.807) is 0 Å². The second-order valence-electron chi connectivity index (χ2n) is 4.71. The Balaban J connectivity index is 1.92. The van der Waals surface area contributed by atoms with Crippen LogP contribution in [0.1, 0.15) is 37.7 Å². The molecule has 0 radical (unpaired) electrons. The van der Waals surface area contributed by atoms with Crippen LogP contribution in [0.4, 0.5) is 10.8 Å². The number of anilines is 2. The lowest BCUT2D eigenvalue weighted by Crippen LogP contribution is -2.15. The van der Waals surface area contributed by atoms with Crippen LogP contribution in [0.2, 0.25) is 0 Å². The lowest BCUT2D eigenvalue weighted by molar-refractivity contribution is 0.0601. The average Bonchev–Trinajstić information content (AvgIpc) is 3.13. The number of fused-ring (bicyclic) bond motifs is 1. The highest BCUT2D eigenvalue weighted by Gasteiger charge is 2.28. The van der Waals surface area contributed by atoms with Crippen LogP contribution in [0.15, 0.2) is 6.07 Å². The number of carbonyl (C=O) groups is 2. The topological polar surface area (TPSA) is 110 Å². The molecule has 1 aliphatic rings. The third kappa shape index (κ3) is 2.38. The molecule has 2 aromatic rings. The molecule has 0 aromatic carbocycles. The SMILES string of the molecule is COC(=O)c1c(NC(=O)c2cc(N)n[nH]2)sc2c1CCC2. The number of amides is 1. The Labute approximate surface area is 124 Å². The Hall–Kier alpha value is -2.35. The maximum absolute atomic E-state index is 12.1. The molecule has 0 saturated heterocycles. The van der Waals surface area contributed by atoms with Crippen molar-refractivity contribution in [1.29, 1.82) is 0 Å². The molecule has 0 fully saturated rings. The number of nitrogen functional groups attached to an aromatic ring is 1. The number of esters is 1. The number of aryl methyl sites for hydroxylation is 1. The molecule has 2 heterocycles. The molecule has 1 aliphatic carbocycles. The molecule has 0 spiro atoms. The van der Waals surface area contributed by atoms with Crippen molar-refractivity contribution >= 4 is 34.0 Å². The molecule has 8 heteroatoms. The zero-order chi connectivity index (χ0) is 15.0. The van der Waals surface area contributed by atoms with E-state index in [0.29, 0.717) is 10.6 Å². The van der Waals surface area contributed by atoms with E-state index in [0.717, 1.165) is 29.7 Å². The second kappa shape index (κ2) is 5.21. The van der Waals surface area contributed by atoms with Crippen LogP contribution in [0, 0.1) is 0 Å². The van der Waals surface area contributed by atoms with Crippen molar-refractivity contribution in [1.82, 2.24) is 10.2 Å². The summed E-state index contributed by atoms with van der Waals surface area (Å²) in [4.78, 5) is 25.2. The smallest absolute Gasteiger partial charge is 0.341 e. The van der Waals surface area contributed by atoms with Crippen molar-refractivity contribution in [3.63, 3.8) is 0 Å². The summed E-state index contributed by atoms with van der Waals surface area (Å²) in [6, 6.07) is 1.44. The number of nitrogens with one attached hydrogen (secondary N) is 2. The van der Waals surface area contributed by atoms with Gasteiger partial charge in [-0.3, -0.25) is 9.89 Å². The van der Waals surface area contributed by atoms with Crippen LogP contribution in [0.3, 0.4) is 0 Å². The highest BCUT2D eigenvalue weighted by atomic mass is 32.1. The number of rotatable bonds is 3. The Morgan fingerprint density at radius 1 is 1.48 bits per heavy atom. The summed E-state index contributed by atoms with van der Waals surface area (Å²) in [5.41, 5.74) is 7.18. The first kappa shape index (κ1) is 13.6. The number of thiophene rings is 1. The Morgan fingerprint density at radius 2 is 2.29 bits per heavy atom. The van der Waals surface area contributed by atoms with Crippen LogP contribution in [0.5, 0.6) is 0 Å². The molecule has 110 valence electrons. The van der Waals surface area contributed by atoms with Crippen LogP contribution < -0.4 is 11.1 Å². The van der Waals surface area contributed by atoms with Gasteiger partial charge >= 0.3 is 5.97 Å². The summed E-state index contributed by atoms with van der Waals surface area (Å²) in [5.74, 6) is -0.569. The number of methoxy groups -OCH3 is 1. The van der Waals surface area contributed by atoms with Gasteiger partial charge in [0, 0.05) is 10.9 Å². The molecule has 0 bridgehead atoms. The number of hydrogen-bond acceptors (Lipinski definition) is 6. The van der Waals surface area contributed by atoms with Crippen molar-refractivity contribution in [2.75, 3.05) is 18.2 Å². The van der Waals surface area contributed by atoms with Gasteiger partial charge in [-0.2, -0.15) is 5.10 Å². The largest absolute Gasteiger partial charge is 0.465 e. The molecule has 0 atom stereocenters. The van der Waals surface area contributed by atoms with Gasteiger partial charge in [-0.25, -0.2) is 4.79 Å². The molecule has 3 rings (SSSR count). The average molecular weight is 306 g/mol. The maximum Gasteiger partial charge on any atom is 0.341 e. The molecular weight excluding hydrogens is 292 g/mol. The lowest BCUT2D eigenvalue weighted by atomic mass is 10.1. The number of aromatic amines is 1. The molecule has 21 heavy (non-hydrogen) atoms. The van der Waals surface area contributed by atoms with E-state index >= 15 is 0 Å². The van der Waals surface area contributed by atoms with E-state index in [1.165, 1.54) is 24.5 Å². The summed E-state index contributed by atoms with van der Waals surface area (Å²) in [7, 11) is 1.34. The zero-order valence-corrected chi connectivity index (χ0v) is 12.2. The first-order valence-corrected chi connectivity index (χ1v) is 7.27. The highest BCUT2D eigenvalue weighted by Crippen LogP contribution is 2.39. The summed E-state index contributed by atoms with van der Waals surface area (Å²) >= 11 is 1.42. The van der Waals surface area contributed by atoms with Gasteiger partial charge in [0.2, 0.25) is 0 Å². The first-order chi connectivity index (χ1) is 10.1. The predicted molar refractivity (Wildman–Crippen MR) is 78.6 cm³/mol. The fourth-order valence-corrected chi connectivity index (χ4v) is 3.71. The molecule has 2 aromatic heterocycles. The number of nitrogens with zero attached hydrogens (tertiary/aromatic N) is 1. The quantitative estimate of drug-likeness (QED) is 0.746. The molecule has 0 unspecified atom stereocenters. The van der Waals surface area contributed by atoms with Gasteiger partial charge in [0.25, 0.3) is 5.91 Å². The number of carbonyl (C=O) groups excluding carboxylic acids is 2. The van der Waals surface area contributed by atoms with Gasteiger partial charge in [-0.15, -0.1) is 11.3 Å². The standard InChI is InChI=1S/C13H14N4O3S/c1-20-13(19)10-6-3-2-4-8(6)21-12(10)15-11(18)7-5-9(14)17-16-7/h5H,2-4H2,1H3,(H,15,18)(H3,14,16,17). The third-order valence-electron chi connectivity index (χ3n) is 3.38. The number of hydrogen-bond donors (Lipinski definition) is 3. The van der Waals surface area contributed by atoms with Gasteiger partial charge in [0.1, 0.15) is 16.5 Å². The Kier molecular flexibility index (Phi) is 3.38. The van der Waals surface area contributed by atoms with E-state index in [-0.39, 0.29) is 17.4 Å². The van der Waals surface area contributed by atoms with E-state index in [2.05, 4.69) is 15.5 Å². The minimum Gasteiger partial charge on any atom is -0.465 e. The van der Waals surface area contributed by atoms with Gasteiger partial charge in [-0.1, -0.05) is 0 Å². The van der Waals surface area contributed by atoms with Gasteiger partial charge in [-0.05, 0) is 24.8 Å². The maximum atomic E-state index is 12.1. The molecule has 4 N–H and O–H groups in total. The van der Waals surface area contributed by atoms with E-state index in [1.807, 2.05) is 0 Å². The van der Waals surface area contributed by atoms with Crippen LogP contribution in [-0.4, -0.2) is 29.2 Å². The van der Waals surface area contributed by atoms with E-state index in [4.69, 9.17) is 10.5 Å². The van der Waals surface area contributed by atoms with Crippen molar-refractivity contribution < 1.29 is 14.3 Å². The molecule has 0 saturated carbocycles. The third-order valence-corrected chi connectivity index (χ3v) is 4.59. The van der Waals surface area contributed by atoms with E-state index < -0.39 is 5.97 Å². The van der Waals surface area contributed by atoms with Crippen LogP contribution in [-0.2, 0) is 17.6 Å². The minimum atomic E-state index is -0.422. The fraction of sp³-hybridized carbons (Fsp3) is 0.308. The van der Waals surface area contributed by atoms with Gasteiger partial charge in [0.05, 0.1) is 12.7 Å². The van der Waals surface area contributed by atoms with Gasteiger partial charge in [0.15, 0.2) is 0 Å². The number of ether oxygens (including phenoxy) is 1. The molecule has 0 aliphatic heterocycles. The fourth-order valence-electron chi connectivity index (χ4n) is 2.43. The minimum absolute atomic E-state index is 0.238. The lowest BCUT2D eigenvalue weighted by Gasteiger charge is -2.05. The monoisotopic (exact) mass is 306 g/mol. The predicted octanol–water partition coefficient (Wildman–Crippen LogP) is 1.58. The van der Waals surface area contributed by atoms with E-state index in [9.17, 15) is 9.59 Å². The number of nitrogens with two attached hydrogens (primary N) is 1. The summed E-state index contributed by atoms with van der Waals surface area (Å²) < 4.78 is 4.83. The zero-order valence-electron chi connectivity index (χ0n) is 11.4. The molecular formula is C13H14N4O3S. The summed E-state index contributed by atoms with van der Waals surface area (Å²) in [6.07, 6.45) is 2.79. The van der Waals surface area contributed by atoms with Crippen molar-refractivity contribution in [2.24, 2.45) is 0 Å². The molecule has 7 nitrogen and oxygen atoms in total. The van der Waals surface area contributed by atoms with Crippen LogP contribution >= 0.6 is 11.3 Å². The Morgan fingerprint density at radius 3 is 2.95 bits per heavy atom. The number of aromatic nitrogens is 2. The number of H-pyrrole nitrogens is 1. The van der Waals surface area contributed by atoms with Gasteiger partial charge < -0.3 is 15.8 Å². The van der Waals surface area contributed by atoms with Crippen LogP contribution in [0.25, 0.3) is 0 Å². The summed E-state index contributed by atoms with van der Waals surface area (Å²) in [5, 5.41) is 9.50. The van der Waals surface area contributed by atoms with Crippen molar-refractivity contribution in [3.8, 4) is 0 Å². The normalized spacial score (nSPS) is 13.0. The van der Waals surface area contributed by atoms with Crippen molar-refractivity contribution in [3.05, 3.63) is 27.8 Å². The second-order valence-corrected chi connectivity index (χ2v) is 5.82.